The average molecular weight is 317 g/mol. The molecule has 0 unspecified atom stereocenters. The Morgan fingerprint density at radius 3 is 2.86 bits per heavy atom. The minimum atomic E-state index is -0.320. The zero-order chi connectivity index (χ0) is 15.9. The summed E-state index contributed by atoms with van der Waals surface area (Å²) in [6, 6.07) is 13.0. The molecule has 1 N–H and O–H groups in total. The molecule has 4 nitrogen and oxygen atoms in total. The third kappa shape index (κ3) is 4.90. The zero-order valence-electron chi connectivity index (χ0n) is 12.5. The molecule has 0 heterocycles. The van der Waals surface area contributed by atoms with Crippen molar-refractivity contribution in [3.63, 3.8) is 0 Å². The number of hydrogen-bond acceptors (Lipinski definition) is 3. The van der Waals surface area contributed by atoms with Gasteiger partial charge >= 0.3 is 0 Å². The minimum absolute atomic E-state index is 0.0861. The van der Waals surface area contributed by atoms with Crippen molar-refractivity contribution in [2.75, 3.05) is 6.61 Å². The van der Waals surface area contributed by atoms with Crippen LogP contribution in [-0.4, -0.2) is 18.7 Å². The largest absolute Gasteiger partial charge is 0.483 e. The average Bonchev–Trinajstić information content (AvgIpc) is 2.48. The first-order valence-corrected chi connectivity index (χ1v) is 7.20. The van der Waals surface area contributed by atoms with E-state index in [1.807, 2.05) is 44.2 Å². The van der Waals surface area contributed by atoms with Crippen LogP contribution in [0.2, 0.25) is 5.02 Å². The fourth-order valence-corrected chi connectivity index (χ4v) is 2.00. The van der Waals surface area contributed by atoms with Crippen molar-refractivity contribution in [2.24, 2.45) is 5.10 Å². The molecule has 1 amide bonds. The van der Waals surface area contributed by atoms with E-state index in [0.29, 0.717) is 10.8 Å². The van der Waals surface area contributed by atoms with Crippen LogP contribution in [0.5, 0.6) is 5.75 Å². The van der Waals surface area contributed by atoms with Crippen LogP contribution in [0.15, 0.2) is 47.6 Å². The number of hydrazone groups is 1. The van der Waals surface area contributed by atoms with Gasteiger partial charge in [0.15, 0.2) is 6.61 Å². The number of nitrogens with zero attached hydrogens (tertiary/aromatic N) is 1. The Hall–Kier alpha value is -2.33. The normalized spacial score (nSPS) is 10.7. The van der Waals surface area contributed by atoms with Crippen LogP contribution in [-0.2, 0) is 4.79 Å². The molecule has 2 aromatic rings. The third-order valence-corrected chi connectivity index (χ3v) is 3.19. The number of nitrogens with one attached hydrogen (secondary N) is 1. The molecule has 22 heavy (non-hydrogen) atoms. The molecule has 0 aromatic heterocycles. The second kappa shape index (κ2) is 7.61. The van der Waals surface area contributed by atoms with Gasteiger partial charge in [-0.05, 0) is 48.7 Å². The lowest BCUT2D eigenvalue weighted by Gasteiger charge is -2.08. The van der Waals surface area contributed by atoms with Gasteiger partial charge < -0.3 is 4.74 Å². The van der Waals surface area contributed by atoms with Crippen LogP contribution in [0.1, 0.15) is 16.7 Å². The highest BCUT2D eigenvalue weighted by Crippen LogP contribution is 2.18. The molecule has 0 bridgehead atoms. The summed E-state index contributed by atoms with van der Waals surface area (Å²) in [4.78, 5) is 11.7. The quantitative estimate of drug-likeness (QED) is 0.678. The zero-order valence-corrected chi connectivity index (χ0v) is 13.2. The molecular formula is C17H17ClN2O2. The molecule has 0 saturated carbocycles. The van der Waals surface area contributed by atoms with Crippen molar-refractivity contribution in [3.8, 4) is 5.75 Å². The SMILES string of the molecule is Cc1ccc(C)c(OCC(=O)N/N=C\c2cccc(Cl)c2)c1. The van der Waals surface area contributed by atoms with Gasteiger partial charge in [0.25, 0.3) is 5.91 Å². The highest BCUT2D eigenvalue weighted by molar-refractivity contribution is 6.30. The summed E-state index contributed by atoms with van der Waals surface area (Å²) in [7, 11) is 0. The first-order chi connectivity index (χ1) is 10.5. The number of carbonyl (C=O) groups excluding carboxylic acids is 1. The van der Waals surface area contributed by atoms with Gasteiger partial charge in [0.2, 0.25) is 0 Å². The predicted octanol–water partition coefficient (Wildman–Crippen LogP) is 3.49. The van der Waals surface area contributed by atoms with Crippen molar-refractivity contribution in [1.29, 1.82) is 0 Å². The number of hydrogen-bond donors (Lipinski definition) is 1. The molecule has 114 valence electrons. The molecule has 0 aliphatic rings. The van der Waals surface area contributed by atoms with E-state index < -0.39 is 0 Å². The van der Waals surface area contributed by atoms with Gasteiger partial charge in [-0.2, -0.15) is 5.10 Å². The molecule has 2 rings (SSSR count). The van der Waals surface area contributed by atoms with Gasteiger partial charge in [-0.1, -0.05) is 35.9 Å². The molecule has 2 aromatic carbocycles. The van der Waals surface area contributed by atoms with Gasteiger partial charge in [-0.3, -0.25) is 4.79 Å². The summed E-state index contributed by atoms with van der Waals surface area (Å²) in [5, 5.41) is 4.49. The van der Waals surface area contributed by atoms with E-state index in [9.17, 15) is 4.79 Å². The first kappa shape index (κ1) is 16.0. The maximum atomic E-state index is 11.7. The van der Waals surface area contributed by atoms with E-state index in [2.05, 4.69) is 10.5 Å². The standard InChI is InChI=1S/C17H17ClN2O2/c1-12-6-7-13(2)16(8-12)22-11-17(21)20-19-10-14-4-3-5-15(18)9-14/h3-10H,11H2,1-2H3,(H,20,21)/b19-10-. The molecule has 0 spiro atoms. The van der Waals surface area contributed by atoms with E-state index in [1.54, 1.807) is 12.1 Å². The van der Waals surface area contributed by atoms with Crippen molar-refractivity contribution in [2.45, 2.75) is 13.8 Å². The van der Waals surface area contributed by atoms with Crippen molar-refractivity contribution >= 4 is 23.7 Å². The molecule has 0 aliphatic carbocycles. The fraction of sp³-hybridized carbons (Fsp3) is 0.176. The number of rotatable bonds is 5. The van der Waals surface area contributed by atoms with E-state index in [-0.39, 0.29) is 12.5 Å². The molecule has 0 saturated heterocycles. The summed E-state index contributed by atoms with van der Waals surface area (Å²) in [5.41, 5.74) is 5.30. The topological polar surface area (TPSA) is 50.7 Å². The number of amides is 1. The van der Waals surface area contributed by atoms with E-state index in [1.165, 1.54) is 6.21 Å². The lowest BCUT2D eigenvalue weighted by molar-refractivity contribution is -0.123. The highest BCUT2D eigenvalue weighted by Gasteiger charge is 2.04. The molecule has 0 radical (unpaired) electrons. The highest BCUT2D eigenvalue weighted by atomic mass is 35.5. The number of halogens is 1. The fourth-order valence-electron chi connectivity index (χ4n) is 1.80. The minimum Gasteiger partial charge on any atom is -0.483 e. The first-order valence-electron chi connectivity index (χ1n) is 6.82. The number of carbonyl (C=O) groups is 1. The second-order valence-corrected chi connectivity index (χ2v) is 5.34. The van der Waals surface area contributed by atoms with Crippen LogP contribution in [0.4, 0.5) is 0 Å². The molecule has 5 heteroatoms. The van der Waals surface area contributed by atoms with Gasteiger partial charge in [-0.25, -0.2) is 5.43 Å². The van der Waals surface area contributed by atoms with Gasteiger partial charge in [-0.15, -0.1) is 0 Å². The summed E-state index contributed by atoms with van der Waals surface area (Å²) < 4.78 is 5.49. The summed E-state index contributed by atoms with van der Waals surface area (Å²) in [5.74, 6) is 0.383. The Labute approximate surface area is 134 Å². The maximum Gasteiger partial charge on any atom is 0.277 e. The van der Waals surface area contributed by atoms with Crippen molar-refractivity contribution in [1.82, 2.24) is 5.43 Å². The number of benzene rings is 2. The molecular weight excluding hydrogens is 300 g/mol. The monoisotopic (exact) mass is 316 g/mol. The number of ether oxygens (including phenoxy) is 1. The Bertz CT molecular complexity index is 699. The lowest BCUT2D eigenvalue weighted by Crippen LogP contribution is -2.24. The predicted molar refractivity (Wildman–Crippen MR) is 88.6 cm³/mol. The van der Waals surface area contributed by atoms with Crippen molar-refractivity contribution in [3.05, 3.63) is 64.2 Å². The van der Waals surface area contributed by atoms with E-state index in [0.717, 1.165) is 16.7 Å². The van der Waals surface area contributed by atoms with Crippen LogP contribution in [0, 0.1) is 13.8 Å². The van der Waals surface area contributed by atoms with Gasteiger partial charge in [0.1, 0.15) is 5.75 Å². The smallest absolute Gasteiger partial charge is 0.277 e. The van der Waals surface area contributed by atoms with Gasteiger partial charge in [0, 0.05) is 5.02 Å². The Kier molecular flexibility index (Phi) is 5.55. The number of aryl methyl sites for hydroxylation is 2. The van der Waals surface area contributed by atoms with E-state index in [4.69, 9.17) is 16.3 Å². The van der Waals surface area contributed by atoms with E-state index >= 15 is 0 Å². The van der Waals surface area contributed by atoms with Crippen LogP contribution >= 0.6 is 11.6 Å². The van der Waals surface area contributed by atoms with Crippen LogP contribution < -0.4 is 10.2 Å². The molecule has 0 aliphatic heterocycles. The molecule has 0 fully saturated rings. The van der Waals surface area contributed by atoms with Crippen LogP contribution in [0.3, 0.4) is 0 Å². The maximum absolute atomic E-state index is 11.7. The second-order valence-electron chi connectivity index (χ2n) is 4.91. The van der Waals surface area contributed by atoms with Gasteiger partial charge in [0.05, 0.1) is 6.21 Å². The Morgan fingerprint density at radius 1 is 1.27 bits per heavy atom. The van der Waals surface area contributed by atoms with Crippen LogP contribution in [0.25, 0.3) is 0 Å². The summed E-state index contributed by atoms with van der Waals surface area (Å²) in [6.45, 7) is 3.82. The Balaban J connectivity index is 1.84. The molecule has 0 atom stereocenters. The summed E-state index contributed by atoms with van der Waals surface area (Å²) >= 11 is 5.86. The Morgan fingerprint density at radius 2 is 2.09 bits per heavy atom. The lowest BCUT2D eigenvalue weighted by atomic mass is 10.1. The summed E-state index contributed by atoms with van der Waals surface area (Å²) in [6.07, 6.45) is 1.53. The van der Waals surface area contributed by atoms with Crippen molar-refractivity contribution < 1.29 is 9.53 Å². The third-order valence-electron chi connectivity index (χ3n) is 2.95.